The van der Waals surface area contributed by atoms with E-state index >= 15 is 0 Å². The Balaban J connectivity index is 2.20. The van der Waals surface area contributed by atoms with Crippen LogP contribution in [0.5, 0.6) is 0 Å². The zero-order valence-corrected chi connectivity index (χ0v) is 4.91. The molecule has 2 heteroatoms. The summed E-state index contributed by atoms with van der Waals surface area (Å²) in [5.74, 6) is 0. The van der Waals surface area contributed by atoms with Crippen molar-refractivity contribution >= 4 is 15.9 Å². The molecule has 2 atom stereocenters. The standard InChI is InChI=1S/C4H6BrF/c5-3-1-2-4(3)6/h3-4H,1-2H2. The van der Waals surface area contributed by atoms with E-state index in [1.807, 2.05) is 0 Å². The SMILES string of the molecule is FC1CCC1Br. The van der Waals surface area contributed by atoms with E-state index in [2.05, 4.69) is 15.9 Å². The molecule has 0 amide bonds. The summed E-state index contributed by atoms with van der Waals surface area (Å²) < 4.78 is 11.9. The number of hydrogen-bond acceptors (Lipinski definition) is 0. The molecule has 0 bridgehead atoms. The molecule has 1 saturated carbocycles. The van der Waals surface area contributed by atoms with E-state index in [-0.39, 0.29) is 4.83 Å². The predicted molar refractivity (Wildman–Crippen MR) is 26.8 cm³/mol. The van der Waals surface area contributed by atoms with Gasteiger partial charge in [0.05, 0.1) is 0 Å². The van der Waals surface area contributed by atoms with Gasteiger partial charge in [-0.25, -0.2) is 4.39 Å². The molecule has 1 aliphatic rings. The largest absolute Gasteiger partial charge is 0.246 e. The second-order valence-corrected chi connectivity index (χ2v) is 2.79. The number of alkyl halides is 2. The quantitative estimate of drug-likeness (QED) is 0.466. The van der Waals surface area contributed by atoms with E-state index in [1.165, 1.54) is 0 Å². The molecular weight excluding hydrogens is 147 g/mol. The summed E-state index contributed by atoms with van der Waals surface area (Å²) in [7, 11) is 0. The van der Waals surface area contributed by atoms with Crippen molar-refractivity contribution in [2.24, 2.45) is 0 Å². The van der Waals surface area contributed by atoms with E-state index in [0.29, 0.717) is 0 Å². The Hall–Kier alpha value is 0.410. The van der Waals surface area contributed by atoms with Crippen molar-refractivity contribution in [2.75, 3.05) is 0 Å². The van der Waals surface area contributed by atoms with Crippen LogP contribution < -0.4 is 0 Å². The second kappa shape index (κ2) is 1.49. The van der Waals surface area contributed by atoms with Crippen molar-refractivity contribution in [1.82, 2.24) is 0 Å². The Bertz CT molecular complexity index is 47.5. The average molecular weight is 153 g/mol. The second-order valence-electron chi connectivity index (χ2n) is 1.61. The first-order valence-corrected chi connectivity index (χ1v) is 3.00. The summed E-state index contributed by atoms with van der Waals surface area (Å²) in [6.07, 6.45) is 1.22. The molecule has 0 saturated heterocycles. The highest BCUT2D eigenvalue weighted by Gasteiger charge is 2.27. The first kappa shape index (κ1) is 4.57. The molecule has 1 aliphatic carbocycles. The lowest BCUT2D eigenvalue weighted by Gasteiger charge is -2.23. The van der Waals surface area contributed by atoms with E-state index in [0.717, 1.165) is 12.8 Å². The van der Waals surface area contributed by atoms with Crippen LogP contribution in [0.2, 0.25) is 0 Å². The normalized spacial score (nSPS) is 45.0. The van der Waals surface area contributed by atoms with Crippen LogP contribution in [-0.4, -0.2) is 11.0 Å². The number of hydrogen-bond donors (Lipinski definition) is 0. The Morgan fingerprint density at radius 3 is 2.00 bits per heavy atom. The minimum absolute atomic E-state index is 0.178. The monoisotopic (exact) mass is 152 g/mol. The molecule has 0 heterocycles. The summed E-state index contributed by atoms with van der Waals surface area (Å²) >= 11 is 3.15. The van der Waals surface area contributed by atoms with Gasteiger partial charge >= 0.3 is 0 Å². The van der Waals surface area contributed by atoms with Gasteiger partial charge in [0.25, 0.3) is 0 Å². The molecule has 36 valence electrons. The maximum Gasteiger partial charge on any atom is 0.113 e. The van der Waals surface area contributed by atoms with E-state index in [1.54, 1.807) is 0 Å². The number of halogens is 2. The van der Waals surface area contributed by atoms with Gasteiger partial charge in [-0.3, -0.25) is 0 Å². The van der Waals surface area contributed by atoms with Crippen LogP contribution >= 0.6 is 15.9 Å². The summed E-state index contributed by atoms with van der Waals surface area (Å²) in [5.41, 5.74) is 0. The molecule has 6 heavy (non-hydrogen) atoms. The zero-order valence-electron chi connectivity index (χ0n) is 3.32. The molecule has 1 rings (SSSR count). The lowest BCUT2D eigenvalue weighted by atomic mass is 9.98. The van der Waals surface area contributed by atoms with Gasteiger partial charge in [0, 0.05) is 4.83 Å². The molecule has 0 nitrogen and oxygen atoms in total. The number of rotatable bonds is 0. The molecule has 0 aliphatic heterocycles. The lowest BCUT2D eigenvalue weighted by molar-refractivity contribution is 0.226. The summed E-state index contributed by atoms with van der Waals surface area (Å²) in [5, 5.41) is 0. The van der Waals surface area contributed by atoms with Gasteiger partial charge < -0.3 is 0 Å². The maximum absolute atomic E-state index is 11.9. The van der Waals surface area contributed by atoms with Crippen LogP contribution in [0.25, 0.3) is 0 Å². The van der Waals surface area contributed by atoms with Crippen LogP contribution in [0, 0.1) is 0 Å². The highest BCUT2D eigenvalue weighted by Crippen LogP contribution is 2.29. The van der Waals surface area contributed by atoms with Gasteiger partial charge in [-0.2, -0.15) is 0 Å². The van der Waals surface area contributed by atoms with Crippen molar-refractivity contribution in [3.63, 3.8) is 0 Å². The average Bonchev–Trinajstić information content (AvgIpc) is 1.61. The minimum Gasteiger partial charge on any atom is -0.246 e. The maximum atomic E-state index is 11.9. The van der Waals surface area contributed by atoms with Gasteiger partial charge in [-0.15, -0.1) is 0 Å². The van der Waals surface area contributed by atoms with Gasteiger partial charge in [0.2, 0.25) is 0 Å². The Kier molecular flexibility index (Phi) is 1.13. The highest BCUT2D eigenvalue weighted by atomic mass is 79.9. The van der Waals surface area contributed by atoms with E-state index in [4.69, 9.17) is 0 Å². The van der Waals surface area contributed by atoms with Gasteiger partial charge in [-0.1, -0.05) is 15.9 Å². The third-order valence-electron chi connectivity index (χ3n) is 1.11. The fraction of sp³-hybridized carbons (Fsp3) is 1.00. The van der Waals surface area contributed by atoms with Crippen molar-refractivity contribution < 1.29 is 4.39 Å². The van der Waals surface area contributed by atoms with Gasteiger partial charge in [-0.05, 0) is 12.8 Å². The fourth-order valence-electron chi connectivity index (χ4n) is 0.419. The van der Waals surface area contributed by atoms with Crippen LogP contribution in [0.4, 0.5) is 4.39 Å². The Morgan fingerprint density at radius 1 is 1.50 bits per heavy atom. The van der Waals surface area contributed by atoms with Gasteiger partial charge in [0.15, 0.2) is 0 Å². The smallest absolute Gasteiger partial charge is 0.113 e. The molecule has 0 aromatic heterocycles. The third kappa shape index (κ3) is 0.579. The third-order valence-corrected chi connectivity index (χ3v) is 2.14. The summed E-state index contributed by atoms with van der Waals surface area (Å²) in [6, 6.07) is 0. The molecular formula is C4H6BrF. The molecule has 0 aromatic carbocycles. The molecule has 0 N–H and O–H groups in total. The van der Waals surface area contributed by atoms with Crippen molar-refractivity contribution in [3.8, 4) is 0 Å². The Labute approximate surface area is 44.9 Å². The molecule has 0 aromatic rings. The highest BCUT2D eigenvalue weighted by molar-refractivity contribution is 9.09. The minimum atomic E-state index is -0.551. The molecule has 0 spiro atoms. The summed E-state index contributed by atoms with van der Waals surface area (Å²) in [6.45, 7) is 0. The molecule has 1 fully saturated rings. The van der Waals surface area contributed by atoms with Crippen LogP contribution in [0.3, 0.4) is 0 Å². The molecule has 0 radical (unpaired) electrons. The van der Waals surface area contributed by atoms with Crippen molar-refractivity contribution in [1.29, 1.82) is 0 Å². The first-order chi connectivity index (χ1) is 2.80. The van der Waals surface area contributed by atoms with Crippen molar-refractivity contribution in [3.05, 3.63) is 0 Å². The molecule has 2 unspecified atom stereocenters. The zero-order chi connectivity index (χ0) is 4.57. The predicted octanol–water partition coefficient (Wildman–Crippen LogP) is 1.88. The van der Waals surface area contributed by atoms with Crippen LogP contribution in [0.1, 0.15) is 12.8 Å². The van der Waals surface area contributed by atoms with Gasteiger partial charge in [0.1, 0.15) is 6.17 Å². The van der Waals surface area contributed by atoms with E-state index < -0.39 is 6.17 Å². The van der Waals surface area contributed by atoms with E-state index in [9.17, 15) is 4.39 Å². The van der Waals surface area contributed by atoms with Crippen molar-refractivity contribution in [2.45, 2.75) is 23.8 Å². The summed E-state index contributed by atoms with van der Waals surface area (Å²) in [4.78, 5) is 0.178. The van der Waals surface area contributed by atoms with Crippen LogP contribution in [-0.2, 0) is 0 Å². The topological polar surface area (TPSA) is 0 Å². The fourth-order valence-corrected chi connectivity index (χ4v) is 0.947. The first-order valence-electron chi connectivity index (χ1n) is 2.09. The Morgan fingerprint density at radius 2 is 2.00 bits per heavy atom. The van der Waals surface area contributed by atoms with Crippen LogP contribution in [0.15, 0.2) is 0 Å². The lowest BCUT2D eigenvalue weighted by Crippen LogP contribution is -2.26.